The van der Waals surface area contributed by atoms with E-state index < -0.39 is 0 Å². The monoisotopic (exact) mass is 293 g/mol. The van der Waals surface area contributed by atoms with E-state index in [1.165, 1.54) is 0 Å². The van der Waals surface area contributed by atoms with Crippen molar-refractivity contribution in [1.29, 1.82) is 0 Å². The fraction of sp³-hybridized carbons (Fsp3) is 0.812. The molecule has 1 aliphatic heterocycles. The zero-order valence-electron chi connectivity index (χ0n) is 12.9. The van der Waals surface area contributed by atoms with E-state index in [-0.39, 0.29) is 17.6 Å². The predicted octanol–water partition coefficient (Wildman–Crippen LogP) is 1.53. The van der Waals surface area contributed by atoms with Gasteiger partial charge in [0.1, 0.15) is 0 Å². The summed E-state index contributed by atoms with van der Waals surface area (Å²) in [5.41, 5.74) is 0.0524. The molecule has 2 heterocycles. The minimum Gasteiger partial charge on any atom is -0.392 e. The Balaban J connectivity index is 1.42. The lowest BCUT2D eigenvalue weighted by Crippen LogP contribution is -2.62. The molecule has 1 aliphatic carbocycles. The number of hydrogen-bond donors (Lipinski definition) is 1. The molecule has 1 aromatic rings. The third kappa shape index (κ3) is 3.00. The minimum absolute atomic E-state index is 0.0524. The van der Waals surface area contributed by atoms with Crippen LogP contribution in [0.1, 0.15) is 32.6 Å². The van der Waals surface area contributed by atoms with Crippen LogP contribution in [0.3, 0.4) is 0 Å². The van der Waals surface area contributed by atoms with Gasteiger partial charge in [-0.05, 0) is 45.8 Å². The lowest BCUT2D eigenvalue weighted by Gasteiger charge is -2.56. The van der Waals surface area contributed by atoms with Crippen LogP contribution in [0.5, 0.6) is 0 Å². The number of rotatable bonds is 6. The molecule has 3 rings (SSSR count). The first-order valence-electron chi connectivity index (χ1n) is 8.22. The van der Waals surface area contributed by atoms with E-state index >= 15 is 0 Å². The standard InChI is InChI=1S/C16H27N3O2/c1-2-21-15-12-14(20)16(15)4-9-18(10-5-16)7-3-8-19-11-6-17-13-19/h6,11,13-15,20H,2-5,7-10,12H2,1H3. The molecule has 1 saturated carbocycles. The molecule has 118 valence electrons. The van der Waals surface area contributed by atoms with E-state index in [1.54, 1.807) is 0 Å². The molecule has 0 amide bonds. The number of aromatic nitrogens is 2. The van der Waals surface area contributed by atoms with Crippen molar-refractivity contribution in [2.75, 3.05) is 26.2 Å². The Kier molecular flexibility index (Phi) is 4.62. The maximum absolute atomic E-state index is 10.2. The third-order valence-electron chi connectivity index (χ3n) is 5.35. The first-order chi connectivity index (χ1) is 10.2. The molecular weight excluding hydrogens is 266 g/mol. The van der Waals surface area contributed by atoms with Gasteiger partial charge >= 0.3 is 0 Å². The quantitative estimate of drug-likeness (QED) is 0.864. The van der Waals surface area contributed by atoms with Crippen molar-refractivity contribution < 1.29 is 9.84 Å². The van der Waals surface area contributed by atoms with Gasteiger partial charge in [-0.15, -0.1) is 0 Å². The number of nitrogens with zero attached hydrogens (tertiary/aromatic N) is 3. The van der Waals surface area contributed by atoms with E-state index in [1.807, 2.05) is 25.6 Å². The second-order valence-corrected chi connectivity index (χ2v) is 6.42. The highest BCUT2D eigenvalue weighted by atomic mass is 16.5. The van der Waals surface area contributed by atoms with Gasteiger partial charge in [-0.2, -0.15) is 0 Å². The molecule has 5 heteroatoms. The summed E-state index contributed by atoms with van der Waals surface area (Å²) in [6.07, 6.45) is 9.98. The maximum atomic E-state index is 10.2. The van der Waals surface area contributed by atoms with Crippen molar-refractivity contribution in [3.8, 4) is 0 Å². The molecule has 1 saturated heterocycles. The average molecular weight is 293 g/mol. The summed E-state index contributed by atoms with van der Waals surface area (Å²) in [5, 5.41) is 10.2. The normalized spacial score (nSPS) is 28.7. The SMILES string of the molecule is CCOC1CC(O)C12CCN(CCCn1ccnc1)CC2. The highest BCUT2D eigenvalue weighted by Gasteiger charge is 2.55. The minimum atomic E-state index is -0.151. The fourth-order valence-electron chi connectivity index (χ4n) is 3.91. The van der Waals surface area contributed by atoms with Crippen LogP contribution < -0.4 is 0 Å². The molecule has 2 unspecified atom stereocenters. The lowest BCUT2D eigenvalue weighted by molar-refractivity contribution is -0.209. The zero-order valence-corrected chi connectivity index (χ0v) is 12.9. The van der Waals surface area contributed by atoms with Crippen LogP contribution in [0.15, 0.2) is 18.7 Å². The summed E-state index contributed by atoms with van der Waals surface area (Å²) in [6, 6.07) is 0. The van der Waals surface area contributed by atoms with Crippen LogP contribution in [0.2, 0.25) is 0 Å². The van der Waals surface area contributed by atoms with Gasteiger partial charge in [-0.25, -0.2) is 4.98 Å². The van der Waals surface area contributed by atoms with Crippen molar-refractivity contribution in [3.63, 3.8) is 0 Å². The Hall–Kier alpha value is -0.910. The number of aliphatic hydroxyl groups is 1. The number of aryl methyl sites for hydroxylation is 1. The van der Waals surface area contributed by atoms with E-state index in [0.29, 0.717) is 0 Å². The van der Waals surface area contributed by atoms with Crippen molar-refractivity contribution >= 4 is 0 Å². The van der Waals surface area contributed by atoms with Gasteiger partial charge in [0.05, 0.1) is 18.5 Å². The van der Waals surface area contributed by atoms with Crippen LogP contribution in [-0.4, -0.2) is 58.0 Å². The Labute approximate surface area is 126 Å². The molecule has 0 aromatic carbocycles. The highest BCUT2D eigenvalue weighted by molar-refractivity contribution is 5.06. The molecule has 1 N–H and O–H groups in total. The Morgan fingerprint density at radius 2 is 2.14 bits per heavy atom. The van der Waals surface area contributed by atoms with Crippen molar-refractivity contribution in [1.82, 2.24) is 14.5 Å². The first-order valence-corrected chi connectivity index (χ1v) is 8.22. The Morgan fingerprint density at radius 3 is 2.76 bits per heavy atom. The van der Waals surface area contributed by atoms with Crippen LogP contribution in [-0.2, 0) is 11.3 Å². The summed E-state index contributed by atoms with van der Waals surface area (Å²) < 4.78 is 7.95. The van der Waals surface area contributed by atoms with Gasteiger partial charge in [0.15, 0.2) is 0 Å². The number of imidazole rings is 1. The first kappa shape index (κ1) is 15.0. The van der Waals surface area contributed by atoms with Gasteiger partial charge in [0.2, 0.25) is 0 Å². The second kappa shape index (κ2) is 6.46. The Bertz CT molecular complexity index is 425. The smallest absolute Gasteiger partial charge is 0.0945 e. The summed E-state index contributed by atoms with van der Waals surface area (Å²) >= 11 is 0. The van der Waals surface area contributed by atoms with Gasteiger partial charge in [-0.3, -0.25) is 0 Å². The maximum Gasteiger partial charge on any atom is 0.0945 e. The molecule has 5 nitrogen and oxygen atoms in total. The molecule has 21 heavy (non-hydrogen) atoms. The fourth-order valence-corrected chi connectivity index (χ4v) is 3.91. The van der Waals surface area contributed by atoms with E-state index in [2.05, 4.69) is 14.5 Å². The molecule has 1 spiro atoms. The highest BCUT2D eigenvalue weighted by Crippen LogP contribution is 2.50. The molecule has 1 aromatic heterocycles. The topological polar surface area (TPSA) is 50.5 Å². The molecule has 0 bridgehead atoms. The third-order valence-corrected chi connectivity index (χ3v) is 5.35. The summed E-state index contributed by atoms with van der Waals surface area (Å²) in [6.45, 7) is 7.14. The predicted molar refractivity (Wildman–Crippen MR) is 81.0 cm³/mol. The largest absolute Gasteiger partial charge is 0.392 e. The summed E-state index contributed by atoms with van der Waals surface area (Å²) in [7, 11) is 0. The number of ether oxygens (including phenoxy) is 1. The van der Waals surface area contributed by atoms with E-state index in [9.17, 15) is 5.11 Å². The summed E-state index contributed by atoms with van der Waals surface area (Å²) in [4.78, 5) is 6.59. The molecule has 0 radical (unpaired) electrons. The van der Waals surface area contributed by atoms with E-state index in [0.717, 1.165) is 58.5 Å². The molecule has 2 atom stereocenters. The second-order valence-electron chi connectivity index (χ2n) is 6.42. The van der Waals surface area contributed by atoms with Gasteiger partial charge in [0.25, 0.3) is 0 Å². The number of piperidine rings is 1. The van der Waals surface area contributed by atoms with E-state index in [4.69, 9.17) is 4.74 Å². The van der Waals surface area contributed by atoms with Crippen LogP contribution in [0.25, 0.3) is 0 Å². The van der Waals surface area contributed by atoms with Gasteiger partial charge in [-0.1, -0.05) is 0 Å². The molecule has 2 fully saturated rings. The number of aliphatic hydroxyl groups excluding tert-OH is 1. The van der Waals surface area contributed by atoms with Crippen LogP contribution in [0, 0.1) is 5.41 Å². The van der Waals surface area contributed by atoms with Crippen molar-refractivity contribution in [2.24, 2.45) is 5.41 Å². The number of likely N-dealkylation sites (tertiary alicyclic amines) is 1. The van der Waals surface area contributed by atoms with Crippen LogP contribution in [0.4, 0.5) is 0 Å². The van der Waals surface area contributed by atoms with Crippen LogP contribution >= 0.6 is 0 Å². The zero-order chi connectivity index (χ0) is 14.7. The van der Waals surface area contributed by atoms with Crippen molar-refractivity contribution in [2.45, 2.75) is 51.4 Å². The molecule has 2 aliphatic rings. The van der Waals surface area contributed by atoms with Crippen molar-refractivity contribution in [3.05, 3.63) is 18.7 Å². The Morgan fingerprint density at radius 1 is 1.33 bits per heavy atom. The average Bonchev–Trinajstić information content (AvgIpc) is 3.01. The molecular formula is C16H27N3O2. The van der Waals surface area contributed by atoms with Gasteiger partial charge < -0.3 is 19.3 Å². The summed E-state index contributed by atoms with van der Waals surface area (Å²) in [5.74, 6) is 0. The lowest BCUT2D eigenvalue weighted by atomic mass is 9.58. The van der Waals surface area contributed by atoms with Gasteiger partial charge in [0, 0.05) is 37.4 Å². The number of hydrogen-bond acceptors (Lipinski definition) is 4.